The molecule has 1 fully saturated rings. The Labute approximate surface area is 171 Å². The molecule has 0 aromatic heterocycles. The van der Waals surface area contributed by atoms with Crippen LogP contribution in [0.4, 0.5) is 5.69 Å². The smallest absolute Gasteiger partial charge is 0.337 e. The van der Waals surface area contributed by atoms with E-state index in [-0.39, 0.29) is 11.9 Å². The molecule has 7 nitrogen and oxygen atoms in total. The van der Waals surface area contributed by atoms with Crippen LogP contribution in [0.5, 0.6) is 5.75 Å². The number of methoxy groups -OCH3 is 1. The quantitative estimate of drug-likeness (QED) is 0.688. The Hall–Kier alpha value is -2.90. The van der Waals surface area contributed by atoms with E-state index in [1.54, 1.807) is 24.3 Å². The van der Waals surface area contributed by atoms with E-state index >= 15 is 0 Å². The van der Waals surface area contributed by atoms with Gasteiger partial charge in [-0.25, -0.2) is 4.79 Å². The van der Waals surface area contributed by atoms with E-state index in [2.05, 4.69) is 19.9 Å². The van der Waals surface area contributed by atoms with Gasteiger partial charge in [0.25, 0.3) is 0 Å². The molecular formula is C22H27N3O4. The van der Waals surface area contributed by atoms with Crippen LogP contribution in [-0.2, 0) is 9.53 Å². The summed E-state index contributed by atoms with van der Waals surface area (Å²) >= 11 is 0. The van der Waals surface area contributed by atoms with Gasteiger partial charge in [0.15, 0.2) is 0 Å². The number of para-hydroxylation sites is 1. The monoisotopic (exact) mass is 397 g/mol. The fraction of sp³-hybridized carbons (Fsp3) is 0.364. The molecular weight excluding hydrogens is 370 g/mol. The van der Waals surface area contributed by atoms with Crippen LogP contribution < -0.4 is 10.1 Å². The van der Waals surface area contributed by atoms with Crippen LogP contribution in [0.1, 0.15) is 10.4 Å². The van der Waals surface area contributed by atoms with Crippen LogP contribution >= 0.6 is 0 Å². The summed E-state index contributed by atoms with van der Waals surface area (Å²) in [7, 11) is 1.36. The summed E-state index contributed by atoms with van der Waals surface area (Å²) < 4.78 is 10.4. The molecule has 3 rings (SSSR count). The maximum atomic E-state index is 12.2. The van der Waals surface area contributed by atoms with Crippen molar-refractivity contribution in [2.45, 2.75) is 0 Å². The van der Waals surface area contributed by atoms with Gasteiger partial charge in [-0.2, -0.15) is 0 Å². The minimum Gasteiger partial charge on any atom is -0.492 e. The average Bonchev–Trinajstić information content (AvgIpc) is 2.75. The third-order valence-electron chi connectivity index (χ3n) is 4.84. The number of carbonyl (C=O) groups is 2. The van der Waals surface area contributed by atoms with Gasteiger partial charge in [-0.3, -0.25) is 14.6 Å². The molecule has 7 heteroatoms. The summed E-state index contributed by atoms with van der Waals surface area (Å²) in [6.45, 7) is 5.33. The van der Waals surface area contributed by atoms with Crippen LogP contribution in [0.15, 0.2) is 54.6 Å². The number of rotatable bonds is 8. The second-order valence-corrected chi connectivity index (χ2v) is 6.90. The van der Waals surface area contributed by atoms with E-state index in [9.17, 15) is 9.59 Å². The number of ether oxygens (including phenoxy) is 2. The number of benzene rings is 2. The van der Waals surface area contributed by atoms with Crippen molar-refractivity contribution in [1.29, 1.82) is 0 Å². The van der Waals surface area contributed by atoms with E-state index in [0.717, 1.165) is 44.2 Å². The van der Waals surface area contributed by atoms with E-state index in [0.29, 0.717) is 18.7 Å². The van der Waals surface area contributed by atoms with Gasteiger partial charge < -0.3 is 14.8 Å². The maximum Gasteiger partial charge on any atom is 0.337 e. The van der Waals surface area contributed by atoms with Gasteiger partial charge in [0.1, 0.15) is 12.4 Å². The molecule has 2 aromatic rings. The number of nitrogens with zero attached hydrogens (tertiary/aromatic N) is 2. The minimum absolute atomic E-state index is 0.0170. The summed E-state index contributed by atoms with van der Waals surface area (Å²) in [4.78, 5) is 28.1. The number of nitrogens with one attached hydrogen (secondary N) is 1. The highest BCUT2D eigenvalue weighted by atomic mass is 16.5. The second-order valence-electron chi connectivity index (χ2n) is 6.90. The second kappa shape index (κ2) is 10.6. The van der Waals surface area contributed by atoms with Crippen molar-refractivity contribution in [3.63, 3.8) is 0 Å². The molecule has 1 heterocycles. The number of anilines is 1. The molecule has 2 aromatic carbocycles. The Bertz CT molecular complexity index is 787. The normalized spacial score (nSPS) is 14.9. The highest BCUT2D eigenvalue weighted by molar-refractivity contribution is 5.92. The summed E-state index contributed by atoms with van der Waals surface area (Å²) in [5, 5.41) is 2.92. The molecule has 0 bridgehead atoms. The largest absolute Gasteiger partial charge is 0.492 e. The highest BCUT2D eigenvalue weighted by Crippen LogP contribution is 2.13. The predicted molar refractivity (Wildman–Crippen MR) is 111 cm³/mol. The lowest BCUT2D eigenvalue weighted by atomic mass is 10.2. The van der Waals surface area contributed by atoms with Crippen LogP contribution in [-0.4, -0.2) is 74.7 Å². The third-order valence-corrected chi connectivity index (χ3v) is 4.84. The lowest BCUT2D eigenvalue weighted by Gasteiger charge is -2.34. The first-order valence-electron chi connectivity index (χ1n) is 9.75. The van der Waals surface area contributed by atoms with Crippen molar-refractivity contribution in [3.8, 4) is 5.75 Å². The first-order chi connectivity index (χ1) is 14.1. The third kappa shape index (κ3) is 6.58. The zero-order chi connectivity index (χ0) is 20.5. The van der Waals surface area contributed by atoms with Gasteiger partial charge in [-0.1, -0.05) is 18.2 Å². The topological polar surface area (TPSA) is 71.1 Å². The van der Waals surface area contributed by atoms with Crippen LogP contribution in [0, 0.1) is 0 Å². The molecule has 0 spiro atoms. The van der Waals surface area contributed by atoms with Crippen LogP contribution in [0.2, 0.25) is 0 Å². The number of hydrogen-bond acceptors (Lipinski definition) is 6. The average molecular weight is 397 g/mol. The minimum atomic E-state index is -0.355. The van der Waals surface area contributed by atoms with E-state index in [1.807, 2.05) is 30.3 Å². The number of piperazine rings is 1. The Morgan fingerprint density at radius 2 is 1.59 bits per heavy atom. The standard InChI is InChI=1S/C22H27N3O4/c1-28-22(27)18-7-9-20(10-8-18)29-16-15-24-11-13-25(14-12-24)17-21(26)23-19-5-3-2-4-6-19/h2-10H,11-17H2,1H3,(H,23,26). The number of hydrogen-bond donors (Lipinski definition) is 1. The molecule has 1 aliphatic heterocycles. The van der Waals surface area contributed by atoms with Crippen molar-refractivity contribution in [3.05, 3.63) is 60.2 Å². The SMILES string of the molecule is COC(=O)c1ccc(OCCN2CCN(CC(=O)Nc3ccccc3)CC2)cc1. The van der Waals surface area contributed by atoms with Gasteiger partial charge in [0, 0.05) is 38.4 Å². The lowest BCUT2D eigenvalue weighted by Crippen LogP contribution is -2.49. The van der Waals surface area contributed by atoms with Crippen LogP contribution in [0.3, 0.4) is 0 Å². The van der Waals surface area contributed by atoms with E-state index in [4.69, 9.17) is 4.74 Å². The molecule has 1 saturated heterocycles. The van der Waals surface area contributed by atoms with Gasteiger partial charge in [0.05, 0.1) is 19.2 Å². The first-order valence-corrected chi connectivity index (χ1v) is 9.75. The summed E-state index contributed by atoms with van der Waals surface area (Å²) in [5.41, 5.74) is 1.33. The summed E-state index contributed by atoms with van der Waals surface area (Å²) in [6.07, 6.45) is 0. The maximum absolute atomic E-state index is 12.2. The zero-order valence-corrected chi connectivity index (χ0v) is 16.7. The summed E-state index contributed by atoms with van der Waals surface area (Å²) in [6, 6.07) is 16.5. The van der Waals surface area contributed by atoms with Crippen molar-refractivity contribution < 1.29 is 19.1 Å². The Kier molecular flexibility index (Phi) is 7.61. The molecule has 154 valence electrons. The number of esters is 1. The fourth-order valence-corrected chi connectivity index (χ4v) is 3.19. The van der Waals surface area contributed by atoms with Gasteiger partial charge in [0.2, 0.25) is 5.91 Å². The molecule has 1 amide bonds. The molecule has 0 atom stereocenters. The van der Waals surface area contributed by atoms with Crippen molar-refractivity contribution in [2.75, 3.05) is 58.3 Å². The van der Waals surface area contributed by atoms with Crippen molar-refractivity contribution in [2.24, 2.45) is 0 Å². The Morgan fingerprint density at radius 1 is 0.931 bits per heavy atom. The van der Waals surface area contributed by atoms with Crippen LogP contribution in [0.25, 0.3) is 0 Å². The molecule has 29 heavy (non-hydrogen) atoms. The predicted octanol–water partition coefficient (Wildman–Crippen LogP) is 2.11. The fourth-order valence-electron chi connectivity index (χ4n) is 3.19. The molecule has 0 saturated carbocycles. The number of carbonyl (C=O) groups excluding carboxylic acids is 2. The Morgan fingerprint density at radius 3 is 2.24 bits per heavy atom. The van der Waals surface area contributed by atoms with Gasteiger partial charge in [-0.05, 0) is 36.4 Å². The number of amides is 1. The van der Waals surface area contributed by atoms with Gasteiger partial charge >= 0.3 is 5.97 Å². The van der Waals surface area contributed by atoms with E-state index in [1.165, 1.54) is 7.11 Å². The molecule has 1 N–H and O–H groups in total. The molecule has 1 aliphatic rings. The summed E-state index contributed by atoms with van der Waals surface area (Å²) in [5.74, 6) is 0.393. The van der Waals surface area contributed by atoms with Gasteiger partial charge in [-0.15, -0.1) is 0 Å². The molecule has 0 unspecified atom stereocenters. The first kappa shape index (κ1) is 20.8. The molecule has 0 aliphatic carbocycles. The van der Waals surface area contributed by atoms with Crippen molar-refractivity contribution in [1.82, 2.24) is 9.80 Å². The van der Waals surface area contributed by atoms with Crippen molar-refractivity contribution >= 4 is 17.6 Å². The highest BCUT2D eigenvalue weighted by Gasteiger charge is 2.18. The Balaban J connectivity index is 1.32. The zero-order valence-electron chi connectivity index (χ0n) is 16.7. The molecule has 0 radical (unpaired) electrons. The van der Waals surface area contributed by atoms with E-state index < -0.39 is 0 Å². The lowest BCUT2D eigenvalue weighted by molar-refractivity contribution is -0.117.